The fraction of sp³-hybridized carbons (Fsp3) is 0.0682. The highest BCUT2D eigenvalue weighted by Gasteiger charge is 2.38. The van der Waals surface area contributed by atoms with Gasteiger partial charge in [0, 0.05) is 41.9 Å². The summed E-state index contributed by atoms with van der Waals surface area (Å²) in [6.07, 6.45) is 0. The summed E-state index contributed by atoms with van der Waals surface area (Å²) in [5, 5.41) is 5.24. The Morgan fingerprint density at radius 3 is 2.04 bits per heavy atom. The molecule has 0 radical (unpaired) electrons. The van der Waals surface area contributed by atoms with Gasteiger partial charge in [0.15, 0.2) is 0 Å². The Morgan fingerprint density at radius 1 is 0.532 bits per heavy atom. The highest BCUT2D eigenvalue weighted by atomic mass is 32.1. The molecule has 0 unspecified atom stereocenters. The Bertz CT molecular complexity index is 2640. The third kappa shape index (κ3) is 3.81. The van der Waals surface area contributed by atoms with Crippen molar-refractivity contribution in [2.75, 3.05) is 0 Å². The lowest BCUT2D eigenvalue weighted by molar-refractivity contribution is 0.661. The zero-order valence-electron chi connectivity index (χ0n) is 26.2. The molecule has 3 heteroatoms. The number of fused-ring (bicyclic) bond motifs is 10. The number of hydrogen-bond donors (Lipinski definition) is 0. The summed E-state index contributed by atoms with van der Waals surface area (Å²) < 4.78 is 5.09. The molecule has 10 rings (SSSR count). The summed E-state index contributed by atoms with van der Waals surface area (Å²) in [4.78, 5) is 5.37. The molecule has 0 saturated heterocycles. The van der Waals surface area contributed by atoms with E-state index in [4.69, 9.17) is 4.98 Å². The van der Waals surface area contributed by atoms with Gasteiger partial charge in [0.2, 0.25) is 0 Å². The minimum Gasteiger partial charge on any atom is -0.294 e. The highest BCUT2D eigenvalue weighted by molar-refractivity contribution is 7.26. The first-order valence-electron chi connectivity index (χ1n) is 16.2. The molecule has 1 aliphatic rings. The number of benzene rings is 6. The van der Waals surface area contributed by atoms with Gasteiger partial charge in [0.1, 0.15) is 5.82 Å². The van der Waals surface area contributed by atoms with Gasteiger partial charge in [-0.1, -0.05) is 117 Å². The predicted molar refractivity (Wildman–Crippen MR) is 200 cm³/mol. The minimum absolute atomic E-state index is 0.147. The molecule has 3 aromatic heterocycles. The fourth-order valence-corrected chi connectivity index (χ4v) is 9.05. The van der Waals surface area contributed by atoms with Crippen molar-refractivity contribution in [3.05, 3.63) is 157 Å². The van der Waals surface area contributed by atoms with E-state index >= 15 is 0 Å². The molecule has 0 atom stereocenters. The van der Waals surface area contributed by atoms with Gasteiger partial charge in [0.05, 0.1) is 16.7 Å². The number of thiophene rings is 1. The summed E-state index contributed by atoms with van der Waals surface area (Å²) in [6.45, 7) is 4.78. The number of para-hydroxylation sites is 1. The van der Waals surface area contributed by atoms with Crippen molar-refractivity contribution < 1.29 is 0 Å². The maximum atomic E-state index is 5.37. The molecule has 0 N–H and O–H groups in total. The normalized spacial score (nSPS) is 13.5. The average Bonchev–Trinajstić information content (AvgIpc) is 3.73. The van der Waals surface area contributed by atoms with Crippen molar-refractivity contribution in [1.29, 1.82) is 0 Å². The topological polar surface area (TPSA) is 17.8 Å². The van der Waals surface area contributed by atoms with E-state index in [1.807, 2.05) is 11.3 Å². The number of rotatable bonds is 3. The van der Waals surface area contributed by atoms with Crippen molar-refractivity contribution in [1.82, 2.24) is 9.55 Å². The van der Waals surface area contributed by atoms with Crippen LogP contribution in [-0.4, -0.2) is 9.55 Å². The maximum Gasteiger partial charge on any atom is 0.138 e. The van der Waals surface area contributed by atoms with Crippen LogP contribution >= 0.6 is 11.3 Å². The lowest BCUT2D eigenvalue weighted by atomic mass is 9.82. The van der Waals surface area contributed by atoms with Gasteiger partial charge in [-0.3, -0.25) is 4.57 Å². The first-order valence-corrected chi connectivity index (χ1v) is 17.0. The Kier molecular flexibility index (Phi) is 5.53. The zero-order valence-corrected chi connectivity index (χ0v) is 27.0. The number of pyridine rings is 1. The van der Waals surface area contributed by atoms with E-state index in [9.17, 15) is 0 Å². The van der Waals surface area contributed by atoms with Crippen LogP contribution in [0.5, 0.6) is 0 Å². The van der Waals surface area contributed by atoms with Crippen molar-refractivity contribution in [3.63, 3.8) is 0 Å². The van der Waals surface area contributed by atoms with Crippen LogP contribution in [0.25, 0.3) is 81.3 Å². The summed E-state index contributed by atoms with van der Waals surface area (Å²) in [7, 11) is 0. The number of aromatic nitrogens is 2. The second-order valence-corrected chi connectivity index (χ2v) is 14.3. The summed E-state index contributed by atoms with van der Waals surface area (Å²) in [5.41, 5.74) is 12.1. The third-order valence-electron chi connectivity index (χ3n) is 10.2. The molecule has 0 spiro atoms. The first kappa shape index (κ1) is 26.7. The monoisotopic (exact) mass is 618 g/mol. The van der Waals surface area contributed by atoms with Crippen LogP contribution in [0.4, 0.5) is 0 Å². The highest BCUT2D eigenvalue weighted by Crippen LogP contribution is 2.55. The van der Waals surface area contributed by atoms with E-state index < -0.39 is 0 Å². The summed E-state index contributed by atoms with van der Waals surface area (Å²) in [5.74, 6) is 0.927. The van der Waals surface area contributed by atoms with Gasteiger partial charge in [-0.15, -0.1) is 11.3 Å². The maximum absolute atomic E-state index is 5.37. The molecule has 47 heavy (non-hydrogen) atoms. The fourth-order valence-electron chi connectivity index (χ4n) is 7.93. The van der Waals surface area contributed by atoms with Crippen LogP contribution in [0.15, 0.2) is 146 Å². The second-order valence-electron chi connectivity index (χ2n) is 13.2. The lowest BCUT2D eigenvalue weighted by Gasteiger charge is -2.22. The Hall–Kier alpha value is -5.51. The van der Waals surface area contributed by atoms with Crippen molar-refractivity contribution in [2.45, 2.75) is 19.3 Å². The van der Waals surface area contributed by atoms with Gasteiger partial charge >= 0.3 is 0 Å². The average molecular weight is 619 g/mol. The number of nitrogens with zero attached hydrogens (tertiary/aromatic N) is 2. The van der Waals surface area contributed by atoms with Gasteiger partial charge in [-0.25, -0.2) is 4.98 Å². The Morgan fingerprint density at radius 2 is 1.23 bits per heavy atom. The first-order chi connectivity index (χ1) is 23.1. The van der Waals surface area contributed by atoms with E-state index in [-0.39, 0.29) is 5.41 Å². The van der Waals surface area contributed by atoms with Crippen LogP contribution in [-0.2, 0) is 5.41 Å². The van der Waals surface area contributed by atoms with E-state index in [0.29, 0.717) is 0 Å². The Balaban J connectivity index is 1.30. The van der Waals surface area contributed by atoms with Crippen molar-refractivity contribution in [3.8, 4) is 39.3 Å². The van der Waals surface area contributed by atoms with Crippen LogP contribution in [0.3, 0.4) is 0 Å². The summed E-state index contributed by atoms with van der Waals surface area (Å²) in [6, 6.07) is 53.0. The van der Waals surface area contributed by atoms with Gasteiger partial charge < -0.3 is 0 Å². The molecule has 0 aliphatic heterocycles. The molecular formula is C44H30N2S. The number of hydrogen-bond acceptors (Lipinski definition) is 2. The molecule has 9 aromatic rings. The zero-order chi connectivity index (χ0) is 31.3. The van der Waals surface area contributed by atoms with E-state index in [1.54, 1.807) is 0 Å². The van der Waals surface area contributed by atoms with E-state index in [2.05, 4.69) is 164 Å². The smallest absolute Gasteiger partial charge is 0.138 e. The van der Waals surface area contributed by atoms with Crippen LogP contribution in [0.2, 0.25) is 0 Å². The van der Waals surface area contributed by atoms with E-state index in [0.717, 1.165) is 22.6 Å². The van der Waals surface area contributed by atoms with Crippen LogP contribution in [0.1, 0.15) is 25.0 Å². The van der Waals surface area contributed by atoms with Gasteiger partial charge in [0.25, 0.3) is 0 Å². The quantitative estimate of drug-likeness (QED) is 0.193. The van der Waals surface area contributed by atoms with Crippen LogP contribution in [0, 0.1) is 0 Å². The molecule has 1 aliphatic carbocycles. The molecule has 222 valence electrons. The standard InChI is InChI=1S/C44H30N2S/c1-44(2)34-21-22-40-43(31-18-10-12-20-39(31)47-40)42(34)33-25-32-30-17-9-11-19-37(30)46(38(32)26-35(33)44)41-24-29(27-13-5-3-6-14-27)23-36(45-41)28-15-7-4-8-16-28/h3-26H,1-2H3. The molecule has 2 nitrogen and oxygen atoms in total. The molecule has 0 fully saturated rings. The summed E-state index contributed by atoms with van der Waals surface area (Å²) >= 11 is 1.90. The van der Waals surface area contributed by atoms with E-state index in [1.165, 1.54) is 69.8 Å². The SMILES string of the molecule is CC1(C)c2cc3c(cc2-c2c1ccc1sc4ccccc4c21)c1ccccc1n3-c1cc(-c2ccccc2)cc(-c2ccccc2)n1. The second kappa shape index (κ2) is 9.75. The molecule has 6 aromatic carbocycles. The molecule has 0 bridgehead atoms. The Labute approximate surface area is 277 Å². The lowest BCUT2D eigenvalue weighted by Crippen LogP contribution is -2.15. The predicted octanol–water partition coefficient (Wildman–Crippen LogP) is 12.2. The molecule has 3 heterocycles. The van der Waals surface area contributed by atoms with Crippen molar-refractivity contribution >= 4 is 53.3 Å². The van der Waals surface area contributed by atoms with Gasteiger partial charge in [-0.2, -0.15) is 0 Å². The molecule has 0 amide bonds. The molecular weight excluding hydrogens is 589 g/mol. The third-order valence-corrected chi connectivity index (χ3v) is 11.3. The van der Waals surface area contributed by atoms with Gasteiger partial charge in [-0.05, 0) is 75.8 Å². The molecule has 0 saturated carbocycles. The minimum atomic E-state index is -0.147. The van der Waals surface area contributed by atoms with Crippen molar-refractivity contribution in [2.24, 2.45) is 0 Å². The largest absolute Gasteiger partial charge is 0.294 e. The van der Waals surface area contributed by atoms with Crippen LogP contribution < -0.4 is 0 Å².